The molecule has 4 rings (SSSR count). The molecule has 1 fully saturated rings. The first-order chi connectivity index (χ1) is 13.9. The standard InChI is InChI=1S/C19H15F3N6S/c20-19(21,22)11-7-14(26-16(8-11)28-4-1-2-5-28)17-12(10-23)13(24)9-15(27-17)18-25-3-6-29-18/h3,6-9H,1-2,4-5H2,(H2,24,27). The Hall–Kier alpha value is -3.19. The molecular weight excluding hydrogens is 401 g/mol. The van der Waals surface area contributed by atoms with Crippen LogP contribution in [0.3, 0.4) is 0 Å². The lowest BCUT2D eigenvalue weighted by molar-refractivity contribution is -0.137. The Morgan fingerprint density at radius 3 is 2.48 bits per heavy atom. The molecule has 10 heteroatoms. The van der Waals surface area contributed by atoms with Crippen LogP contribution in [0.4, 0.5) is 24.7 Å². The van der Waals surface area contributed by atoms with Gasteiger partial charge in [0.25, 0.3) is 0 Å². The number of hydrogen-bond acceptors (Lipinski definition) is 7. The second-order valence-electron chi connectivity index (χ2n) is 6.56. The van der Waals surface area contributed by atoms with Gasteiger partial charge in [-0.3, -0.25) is 0 Å². The zero-order valence-corrected chi connectivity index (χ0v) is 15.9. The topological polar surface area (TPSA) is 91.7 Å². The molecule has 148 valence electrons. The van der Waals surface area contributed by atoms with Gasteiger partial charge in [-0.05, 0) is 31.0 Å². The van der Waals surface area contributed by atoms with E-state index in [0.29, 0.717) is 23.8 Å². The highest BCUT2D eigenvalue weighted by molar-refractivity contribution is 7.13. The van der Waals surface area contributed by atoms with E-state index < -0.39 is 11.7 Å². The Morgan fingerprint density at radius 2 is 1.86 bits per heavy atom. The van der Waals surface area contributed by atoms with E-state index in [1.807, 2.05) is 6.07 Å². The Labute approximate surface area is 168 Å². The number of halogens is 3. The average molecular weight is 416 g/mol. The number of anilines is 2. The van der Waals surface area contributed by atoms with Crippen LogP contribution in [0.1, 0.15) is 24.0 Å². The number of alkyl halides is 3. The largest absolute Gasteiger partial charge is 0.416 e. The zero-order valence-electron chi connectivity index (χ0n) is 15.1. The van der Waals surface area contributed by atoms with Crippen LogP contribution >= 0.6 is 11.3 Å². The van der Waals surface area contributed by atoms with E-state index in [4.69, 9.17) is 5.73 Å². The van der Waals surface area contributed by atoms with Crippen molar-refractivity contribution in [3.05, 3.63) is 40.9 Å². The maximum atomic E-state index is 13.6. The molecule has 29 heavy (non-hydrogen) atoms. The quantitative estimate of drug-likeness (QED) is 0.683. The highest BCUT2D eigenvalue weighted by Gasteiger charge is 2.33. The molecule has 0 aromatic carbocycles. The van der Waals surface area contributed by atoms with Gasteiger partial charge in [-0.25, -0.2) is 15.0 Å². The van der Waals surface area contributed by atoms with Crippen molar-refractivity contribution in [3.8, 4) is 28.2 Å². The Morgan fingerprint density at radius 1 is 1.10 bits per heavy atom. The average Bonchev–Trinajstić information content (AvgIpc) is 3.40. The second kappa shape index (κ2) is 7.33. The Bertz CT molecular complexity index is 1080. The predicted octanol–water partition coefficient (Wildman–Crippen LogP) is 4.34. The molecule has 1 aliphatic heterocycles. The molecule has 3 aromatic rings. The molecule has 4 heterocycles. The van der Waals surface area contributed by atoms with E-state index in [9.17, 15) is 18.4 Å². The molecule has 0 unspecified atom stereocenters. The summed E-state index contributed by atoms with van der Waals surface area (Å²) in [4.78, 5) is 14.8. The van der Waals surface area contributed by atoms with E-state index in [-0.39, 0.29) is 28.5 Å². The lowest BCUT2D eigenvalue weighted by Gasteiger charge is -2.20. The monoisotopic (exact) mass is 416 g/mol. The molecule has 0 radical (unpaired) electrons. The van der Waals surface area contributed by atoms with E-state index in [0.717, 1.165) is 25.0 Å². The van der Waals surface area contributed by atoms with Crippen molar-refractivity contribution < 1.29 is 13.2 Å². The summed E-state index contributed by atoms with van der Waals surface area (Å²) in [5.41, 5.74) is 5.64. The predicted molar refractivity (Wildman–Crippen MR) is 104 cm³/mol. The van der Waals surface area contributed by atoms with Crippen LogP contribution in [0.5, 0.6) is 0 Å². The number of nitriles is 1. The third-order valence-corrected chi connectivity index (χ3v) is 5.42. The van der Waals surface area contributed by atoms with E-state index in [1.165, 1.54) is 17.4 Å². The zero-order chi connectivity index (χ0) is 20.6. The number of pyridine rings is 2. The molecule has 1 saturated heterocycles. The van der Waals surface area contributed by atoms with Gasteiger partial charge in [0.05, 0.1) is 16.9 Å². The van der Waals surface area contributed by atoms with E-state index in [1.54, 1.807) is 16.5 Å². The van der Waals surface area contributed by atoms with Crippen molar-refractivity contribution in [2.75, 3.05) is 23.7 Å². The molecule has 0 atom stereocenters. The van der Waals surface area contributed by atoms with Gasteiger partial charge in [0.15, 0.2) is 0 Å². The fraction of sp³-hybridized carbons (Fsp3) is 0.263. The van der Waals surface area contributed by atoms with Crippen LogP contribution in [0.25, 0.3) is 22.1 Å². The molecule has 2 N–H and O–H groups in total. The third kappa shape index (κ3) is 3.73. The summed E-state index contributed by atoms with van der Waals surface area (Å²) in [6.45, 7) is 1.27. The van der Waals surface area contributed by atoms with Crippen LogP contribution in [0.15, 0.2) is 29.8 Å². The lowest BCUT2D eigenvalue weighted by Crippen LogP contribution is -2.20. The fourth-order valence-electron chi connectivity index (χ4n) is 3.24. The summed E-state index contributed by atoms with van der Waals surface area (Å²) >= 11 is 1.31. The first-order valence-corrected chi connectivity index (χ1v) is 9.70. The molecule has 0 aliphatic carbocycles. The molecule has 0 saturated carbocycles. The van der Waals surface area contributed by atoms with Crippen molar-refractivity contribution in [1.82, 2.24) is 15.0 Å². The Balaban J connectivity index is 1.93. The smallest absolute Gasteiger partial charge is 0.398 e. The van der Waals surface area contributed by atoms with Crippen LogP contribution in [0.2, 0.25) is 0 Å². The van der Waals surface area contributed by atoms with Crippen molar-refractivity contribution in [2.45, 2.75) is 19.0 Å². The normalized spacial score (nSPS) is 14.2. The number of nitrogens with two attached hydrogens (primary N) is 1. The number of rotatable bonds is 3. The maximum absolute atomic E-state index is 13.6. The van der Waals surface area contributed by atoms with Crippen LogP contribution in [-0.4, -0.2) is 28.0 Å². The highest BCUT2D eigenvalue weighted by Crippen LogP contribution is 2.37. The minimum atomic E-state index is -4.56. The van der Waals surface area contributed by atoms with Crippen molar-refractivity contribution in [1.29, 1.82) is 5.26 Å². The van der Waals surface area contributed by atoms with Crippen molar-refractivity contribution in [3.63, 3.8) is 0 Å². The van der Waals surface area contributed by atoms with Gasteiger partial charge in [-0.15, -0.1) is 11.3 Å². The molecular formula is C19H15F3N6S. The molecule has 3 aromatic heterocycles. The summed E-state index contributed by atoms with van der Waals surface area (Å²) in [5.74, 6) is 0.219. The van der Waals surface area contributed by atoms with E-state index >= 15 is 0 Å². The summed E-state index contributed by atoms with van der Waals surface area (Å²) < 4.78 is 40.7. The first kappa shape index (κ1) is 19.1. The first-order valence-electron chi connectivity index (χ1n) is 8.82. The van der Waals surface area contributed by atoms with Crippen LogP contribution in [-0.2, 0) is 6.18 Å². The van der Waals surface area contributed by atoms with Gasteiger partial charge in [0.2, 0.25) is 0 Å². The number of thiazole rings is 1. The van der Waals surface area contributed by atoms with Gasteiger partial charge in [0.1, 0.15) is 33.8 Å². The van der Waals surface area contributed by atoms with Crippen molar-refractivity contribution >= 4 is 22.8 Å². The molecule has 0 amide bonds. The van der Waals surface area contributed by atoms with Gasteiger partial charge in [-0.1, -0.05) is 0 Å². The third-order valence-electron chi connectivity index (χ3n) is 4.63. The van der Waals surface area contributed by atoms with Gasteiger partial charge in [0, 0.05) is 24.7 Å². The minimum absolute atomic E-state index is 0.00972. The Kier molecular flexibility index (Phi) is 4.84. The van der Waals surface area contributed by atoms with Gasteiger partial charge < -0.3 is 10.6 Å². The van der Waals surface area contributed by atoms with Crippen LogP contribution in [0, 0.1) is 11.3 Å². The van der Waals surface area contributed by atoms with Crippen molar-refractivity contribution in [2.24, 2.45) is 0 Å². The van der Waals surface area contributed by atoms with Gasteiger partial charge in [-0.2, -0.15) is 18.4 Å². The summed E-state index contributed by atoms with van der Waals surface area (Å²) in [6.07, 6.45) is -1.19. The fourth-order valence-corrected chi connectivity index (χ4v) is 3.83. The summed E-state index contributed by atoms with van der Waals surface area (Å²) in [6, 6.07) is 5.39. The number of nitrogen functional groups attached to an aromatic ring is 1. The number of aromatic nitrogens is 3. The summed E-state index contributed by atoms with van der Waals surface area (Å²) in [7, 11) is 0. The molecule has 6 nitrogen and oxygen atoms in total. The highest BCUT2D eigenvalue weighted by atomic mass is 32.1. The second-order valence-corrected chi connectivity index (χ2v) is 7.46. The maximum Gasteiger partial charge on any atom is 0.416 e. The lowest BCUT2D eigenvalue weighted by atomic mass is 10.1. The molecule has 0 bridgehead atoms. The van der Waals surface area contributed by atoms with E-state index in [2.05, 4.69) is 15.0 Å². The number of hydrogen-bond donors (Lipinski definition) is 1. The molecule has 1 aliphatic rings. The minimum Gasteiger partial charge on any atom is -0.398 e. The SMILES string of the molecule is N#Cc1c(N)cc(-c2nccs2)nc1-c1cc(C(F)(F)F)cc(N2CCCC2)n1. The van der Waals surface area contributed by atoms with Crippen LogP contribution < -0.4 is 10.6 Å². The number of nitrogens with zero attached hydrogens (tertiary/aromatic N) is 5. The molecule has 0 spiro atoms. The summed E-state index contributed by atoms with van der Waals surface area (Å²) in [5, 5.41) is 11.8. The van der Waals surface area contributed by atoms with Gasteiger partial charge >= 0.3 is 6.18 Å².